The van der Waals surface area contributed by atoms with Crippen molar-refractivity contribution in [3.63, 3.8) is 0 Å². The van der Waals surface area contributed by atoms with Crippen LogP contribution in [0.4, 0.5) is 0 Å². The molecule has 2 aromatic rings. The van der Waals surface area contributed by atoms with Gasteiger partial charge in [-0.05, 0) is 26.3 Å². The number of para-hydroxylation sites is 1. The van der Waals surface area contributed by atoms with Crippen molar-refractivity contribution < 1.29 is 4.74 Å². The van der Waals surface area contributed by atoms with Gasteiger partial charge in [0.2, 0.25) is 0 Å². The van der Waals surface area contributed by atoms with Crippen LogP contribution in [0.25, 0.3) is 0 Å². The van der Waals surface area contributed by atoms with E-state index in [9.17, 15) is 0 Å². The molecule has 0 N–H and O–H groups in total. The molecule has 0 atom stereocenters. The summed E-state index contributed by atoms with van der Waals surface area (Å²) in [6.45, 7) is 9.07. The number of ether oxygens (including phenoxy) is 1. The smallest absolute Gasteiger partial charge is 0.131 e. The van der Waals surface area contributed by atoms with Crippen molar-refractivity contribution in [3.05, 3.63) is 39.8 Å². The van der Waals surface area contributed by atoms with Crippen molar-refractivity contribution in [1.29, 1.82) is 0 Å². The van der Waals surface area contributed by atoms with Crippen LogP contribution in [0.3, 0.4) is 0 Å². The molecule has 118 valence electrons. The minimum Gasteiger partial charge on any atom is -0.486 e. The van der Waals surface area contributed by atoms with Gasteiger partial charge in [-0.3, -0.25) is 4.90 Å². The number of hydrogen-bond acceptors (Lipinski definition) is 5. The second-order valence-corrected chi connectivity index (χ2v) is 7.60. The van der Waals surface area contributed by atoms with Gasteiger partial charge in [0.15, 0.2) is 0 Å². The molecule has 0 amide bonds. The molecule has 2 heterocycles. The average Bonchev–Trinajstić information content (AvgIpc) is 2.82. The van der Waals surface area contributed by atoms with Crippen LogP contribution in [0.5, 0.6) is 5.75 Å². The van der Waals surface area contributed by atoms with Crippen LogP contribution < -0.4 is 4.74 Å². The lowest BCUT2D eigenvalue weighted by Crippen LogP contribution is -2.40. The van der Waals surface area contributed by atoms with Crippen LogP contribution in [0.1, 0.15) is 42.8 Å². The van der Waals surface area contributed by atoms with Crippen molar-refractivity contribution >= 4 is 11.3 Å². The summed E-state index contributed by atoms with van der Waals surface area (Å²) in [5.74, 6) is 0.999. The van der Waals surface area contributed by atoms with E-state index in [1.165, 1.54) is 5.56 Å². The van der Waals surface area contributed by atoms with Crippen LogP contribution in [-0.4, -0.2) is 27.2 Å². The molecule has 0 fully saturated rings. The van der Waals surface area contributed by atoms with E-state index < -0.39 is 0 Å². The second kappa shape index (κ2) is 6.34. The van der Waals surface area contributed by atoms with Gasteiger partial charge in [-0.25, -0.2) is 0 Å². The Labute approximate surface area is 136 Å². The SMILES string of the molecule is CCCc1nnc(CN2Cc3ccccc3OC(C)(C)C2)s1. The third-order valence-electron chi connectivity index (χ3n) is 3.69. The van der Waals surface area contributed by atoms with Crippen LogP contribution >= 0.6 is 11.3 Å². The van der Waals surface area contributed by atoms with Crippen LogP contribution in [0.15, 0.2) is 24.3 Å². The van der Waals surface area contributed by atoms with Gasteiger partial charge in [0.05, 0.1) is 6.54 Å². The highest BCUT2D eigenvalue weighted by Gasteiger charge is 2.29. The van der Waals surface area contributed by atoms with Gasteiger partial charge in [-0.2, -0.15) is 0 Å². The summed E-state index contributed by atoms with van der Waals surface area (Å²) in [4.78, 5) is 2.40. The Balaban J connectivity index is 1.78. The Bertz CT molecular complexity index is 638. The van der Waals surface area contributed by atoms with Gasteiger partial charge in [0.25, 0.3) is 0 Å². The first-order valence-corrected chi connectivity index (χ1v) is 8.68. The Kier molecular flexibility index (Phi) is 4.45. The molecule has 0 saturated carbocycles. The van der Waals surface area contributed by atoms with E-state index >= 15 is 0 Å². The van der Waals surface area contributed by atoms with Crippen LogP contribution in [-0.2, 0) is 19.5 Å². The van der Waals surface area contributed by atoms with Crippen molar-refractivity contribution in [2.45, 2.75) is 52.3 Å². The molecule has 5 heteroatoms. The maximum absolute atomic E-state index is 6.18. The second-order valence-electron chi connectivity index (χ2n) is 6.45. The van der Waals surface area contributed by atoms with Crippen LogP contribution in [0.2, 0.25) is 0 Å². The fourth-order valence-corrected chi connectivity index (χ4v) is 3.86. The summed E-state index contributed by atoms with van der Waals surface area (Å²) in [5.41, 5.74) is 1.04. The van der Waals surface area contributed by atoms with Crippen molar-refractivity contribution in [1.82, 2.24) is 15.1 Å². The number of rotatable bonds is 4. The highest BCUT2D eigenvalue weighted by atomic mass is 32.1. The molecule has 0 spiro atoms. The standard InChI is InChI=1S/C17H23N3OS/c1-4-7-15-18-19-16(22-15)11-20-10-13-8-5-6-9-14(13)21-17(2,3)12-20/h5-6,8-9H,4,7,10-12H2,1-3H3. The molecule has 0 radical (unpaired) electrons. The number of fused-ring (bicyclic) bond motifs is 1. The largest absolute Gasteiger partial charge is 0.486 e. The first-order chi connectivity index (χ1) is 10.6. The Morgan fingerprint density at radius 2 is 2.00 bits per heavy atom. The van der Waals surface area contributed by atoms with Crippen molar-refractivity contribution in [2.24, 2.45) is 0 Å². The molecule has 3 rings (SSSR count). The molecule has 0 aliphatic carbocycles. The molecule has 4 nitrogen and oxygen atoms in total. The average molecular weight is 317 g/mol. The third-order valence-corrected chi connectivity index (χ3v) is 4.66. The predicted octanol–water partition coefficient (Wildman–Crippen LogP) is 3.66. The molecular formula is C17H23N3OS. The Morgan fingerprint density at radius 3 is 2.82 bits per heavy atom. The molecule has 0 bridgehead atoms. The summed E-state index contributed by atoms with van der Waals surface area (Å²) in [5, 5.41) is 10.9. The molecule has 1 aromatic carbocycles. The Hall–Kier alpha value is -1.46. The van der Waals surface area contributed by atoms with Crippen molar-refractivity contribution in [2.75, 3.05) is 6.54 Å². The monoisotopic (exact) mass is 317 g/mol. The highest BCUT2D eigenvalue weighted by Crippen LogP contribution is 2.30. The summed E-state index contributed by atoms with van der Waals surface area (Å²) in [6, 6.07) is 8.31. The van der Waals surface area contributed by atoms with E-state index in [1.54, 1.807) is 11.3 Å². The number of benzene rings is 1. The molecule has 1 aromatic heterocycles. The van der Waals surface area contributed by atoms with Gasteiger partial charge < -0.3 is 4.74 Å². The van der Waals surface area contributed by atoms with E-state index in [0.29, 0.717) is 0 Å². The normalized spacial score (nSPS) is 17.6. The first kappa shape index (κ1) is 15.4. The summed E-state index contributed by atoms with van der Waals surface area (Å²) in [6.07, 6.45) is 2.14. The number of nitrogens with zero attached hydrogens (tertiary/aromatic N) is 3. The highest BCUT2D eigenvalue weighted by molar-refractivity contribution is 7.11. The fourth-order valence-electron chi connectivity index (χ4n) is 2.87. The fraction of sp³-hybridized carbons (Fsp3) is 0.529. The van der Waals surface area contributed by atoms with Gasteiger partial charge in [-0.1, -0.05) is 25.1 Å². The third kappa shape index (κ3) is 3.65. The lowest BCUT2D eigenvalue weighted by Gasteiger charge is -2.28. The quantitative estimate of drug-likeness (QED) is 0.862. The molecular weight excluding hydrogens is 294 g/mol. The molecule has 1 aliphatic heterocycles. The minimum atomic E-state index is -0.205. The maximum Gasteiger partial charge on any atom is 0.131 e. The predicted molar refractivity (Wildman–Crippen MR) is 89.2 cm³/mol. The van der Waals surface area contributed by atoms with Gasteiger partial charge >= 0.3 is 0 Å². The molecule has 22 heavy (non-hydrogen) atoms. The zero-order valence-corrected chi connectivity index (χ0v) is 14.3. The summed E-state index contributed by atoms with van der Waals surface area (Å²) in [7, 11) is 0. The number of hydrogen-bond donors (Lipinski definition) is 0. The molecule has 0 unspecified atom stereocenters. The maximum atomic E-state index is 6.18. The van der Waals surface area contributed by atoms with Crippen LogP contribution in [0, 0.1) is 0 Å². The summed E-state index contributed by atoms with van der Waals surface area (Å²) >= 11 is 1.73. The lowest BCUT2D eigenvalue weighted by atomic mass is 10.1. The first-order valence-electron chi connectivity index (χ1n) is 7.86. The number of aryl methyl sites for hydroxylation is 1. The van der Waals surface area contributed by atoms with E-state index in [2.05, 4.69) is 54.1 Å². The van der Waals surface area contributed by atoms with E-state index in [-0.39, 0.29) is 5.60 Å². The van der Waals surface area contributed by atoms with Gasteiger partial charge in [0, 0.05) is 25.1 Å². The van der Waals surface area contributed by atoms with Gasteiger partial charge in [0.1, 0.15) is 21.4 Å². The summed E-state index contributed by atoms with van der Waals surface area (Å²) < 4.78 is 6.18. The zero-order chi connectivity index (χ0) is 15.6. The molecule has 0 saturated heterocycles. The van der Waals surface area contributed by atoms with Crippen molar-refractivity contribution in [3.8, 4) is 5.75 Å². The van der Waals surface area contributed by atoms with E-state index in [0.717, 1.165) is 48.2 Å². The molecule has 1 aliphatic rings. The van der Waals surface area contributed by atoms with E-state index in [1.807, 2.05) is 6.07 Å². The van der Waals surface area contributed by atoms with Gasteiger partial charge in [-0.15, -0.1) is 21.5 Å². The minimum absolute atomic E-state index is 0.205. The van der Waals surface area contributed by atoms with E-state index in [4.69, 9.17) is 4.74 Å². The Morgan fingerprint density at radius 1 is 1.23 bits per heavy atom. The lowest BCUT2D eigenvalue weighted by molar-refractivity contribution is 0.0681. The number of aromatic nitrogens is 2. The zero-order valence-electron chi connectivity index (χ0n) is 13.5. The topological polar surface area (TPSA) is 38.2 Å².